The van der Waals surface area contributed by atoms with E-state index < -0.39 is 11.9 Å². The number of fused-ring (bicyclic) bond motifs is 1. The van der Waals surface area contributed by atoms with Gasteiger partial charge in [-0.2, -0.15) is 0 Å². The number of piperidine rings is 1. The van der Waals surface area contributed by atoms with E-state index >= 15 is 0 Å². The molecule has 2 aromatic carbocycles. The van der Waals surface area contributed by atoms with Crippen LogP contribution in [0.2, 0.25) is 0 Å². The Morgan fingerprint density at radius 2 is 1.74 bits per heavy atom. The van der Waals surface area contributed by atoms with Gasteiger partial charge in [0.1, 0.15) is 11.9 Å². The maximum Gasteiger partial charge on any atom is 0.264 e. The fourth-order valence-electron chi connectivity index (χ4n) is 6.02. The molecule has 9 heteroatoms. The van der Waals surface area contributed by atoms with E-state index in [4.69, 9.17) is 0 Å². The zero-order valence-corrected chi connectivity index (χ0v) is 21.8. The molecule has 3 aromatic rings. The minimum atomic E-state index is -0.741. The molecule has 0 saturated carbocycles. The van der Waals surface area contributed by atoms with Crippen molar-refractivity contribution in [2.45, 2.75) is 57.8 Å². The van der Waals surface area contributed by atoms with Gasteiger partial charge in [-0.15, -0.1) is 0 Å². The lowest BCUT2D eigenvalue weighted by Crippen LogP contribution is -2.58. The average Bonchev–Trinajstić information content (AvgIpc) is 3.41. The molecule has 3 aliphatic rings. The van der Waals surface area contributed by atoms with E-state index in [0.29, 0.717) is 29.0 Å². The first kappa shape index (κ1) is 24.8. The lowest BCUT2D eigenvalue weighted by molar-refractivity contribution is -0.135. The lowest BCUT2D eigenvalue weighted by Gasteiger charge is -2.44. The Bertz CT molecular complexity index is 1420. The average molecular weight is 515 g/mol. The summed E-state index contributed by atoms with van der Waals surface area (Å²) in [7, 11) is 0. The molecule has 4 heterocycles. The van der Waals surface area contributed by atoms with Crippen molar-refractivity contribution in [1.29, 1.82) is 0 Å². The van der Waals surface area contributed by atoms with E-state index in [9.17, 15) is 14.4 Å². The second kappa shape index (κ2) is 10.3. The summed E-state index contributed by atoms with van der Waals surface area (Å²) in [6, 6.07) is 14.2. The molecule has 9 nitrogen and oxygen atoms in total. The third-order valence-corrected chi connectivity index (χ3v) is 8.13. The maximum atomic E-state index is 13.6. The largest absolute Gasteiger partial charge is 0.380 e. The van der Waals surface area contributed by atoms with Gasteiger partial charge < -0.3 is 5.32 Å². The van der Waals surface area contributed by atoms with Crippen LogP contribution in [0.4, 0.5) is 5.69 Å². The Labute approximate surface area is 221 Å². The Morgan fingerprint density at radius 3 is 2.47 bits per heavy atom. The number of hydrogen-bond donors (Lipinski definition) is 2. The standard InChI is InChI=1S/C29H34N6O3/c1-19-31-24-6-4-5-23(27(24)29(38)35(19)25-11-12-26(36)32-28(25)37)30-15-20-7-9-21(10-8-20)16-33-17-22(18-33)34-13-2-3-14-34/h4-10,22,25,30H,2-3,11-18H2,1H3,(H,32,36,37). The van der Waals surface area contributed by atoms with Crippen molar-refractivity contribution >= 4 is 28.4 Å². The van der Waals surface area contributed by atoms with Crippen molar-refractivity contribution in [3.8, 4) is 0 Å². The first-order chi connectivity index (χ1) is 18.5. The normalized spacial score (nSPS) is 21.0. The fourth-order valence-corrected chi connectivity index (χ4v) is 6.02. The Kier molecular flexibility index (Phi) is 6.71. The van der Waals surface area contributed by atoms with E-state index in [1.54, 1.807) is 6.92 Å². The number of hydrogen-bond acceptors (Lipinski definition) is 7. The number of carbonyl (C=O) groups excluding carboxylic acids is 2. The van der Waals surface area contributed by atoms with Gasteiger partial charge in [0.2, 0.25) is 11.8 Å². The molecule has 1 atom stereocenters. The summed E-state index contributed by atoms with van der Waals surface area (Å²) in [5.74, 6) is -0.308. The molecule has 2 N–H and O–H groups in total. The molecule has 38 heavy (non-hydrogen) atoms. The highest BCUT2D eigenvalue weighted by atomic mass is 16.2. The van der Waals surface area contributed by atoms with Gasteiger partial charge in [-0.3, -0.25) is 34.1 Å². The second-order valence-electron chi connectivity index (χ2n) is 10.8. The van der Waals surface area contributed by atoms with Crippen LogP contribution in [0, 0.1) is 6.92 Å². The smallest absolute Gasteiger partial charge is 0.264 e. The minimum Gasteiger partial charge on any atom is -0.380 e. The molecule has 3 saturated heterocycles. The first-order valence-corrected chi connectivity index (χ1v) is 13.6. The van der Waals surface area contributed by atoms with Crippen LogP contribution in [0.15, 0.2) is 47.3 Å². The first-order valence-electron chi connectivity index (χ1n) is 13.6. The molecule has 0 radical (unpaired) electrons. The van der Waals surface area contributed by atoms with Crippen molar-refractivity contribution in [3.63, 3.8) is 0 Å². The molecule has 198 valence electrons. The molecule has 2 amide bonds. The van der Waals surface area contributed by atoms with Crippen molar-refractivity contribution in [1.82, 2.24) is 24.7 Å². The molecule has 3 fully saturated rings. The molecule has 6 rings (SSSR count). The summed E-state index contributed by atoms with van der Waals surface area (Å²) in [4.78, 5) is 47.5. The summed E-state index contributed by atoms with van der Waals surface area (Å²) in [6.07, 6.45) is 3.18. The molecular formula is C29H34N6O3. The van der Waals surface area contributed by atoms with Crippen LogP contribution in [0.5, 0.6) is 0 Å². The number of benzene rings is 2. The van der Waals surface area contributed by atoms with Gasteiger partial charge in [0.25, 0.3) is 5.56 Å². The summed E-state index contributed by atoms with van der Waals surface area (Å²) < 4.78 is 1.42. The van der Waals surface area contributed by atoms with E-state index in [1.807, 2.05) is 18.2 Å². The molecule has 0 aliphatic carbocycles. The molecule has 3 aliphatic heterocycles. The number of aryl methyl sites for hydroxylation is 1. The zero-order chi connectivity index (χ0) is 26.2. The summed E-state index contributed by atoms with van der Waals surface area (Å²) >= 11 is 0. The van der Waals surface area contributed by atoms with Gasteiger partial charge in [-0.1, -0.05) is 30.3 Å². The summed E-state index contributed by atoms with van der Waals surface area (Å²) in [5, 5.41) is 6.20. The number of nitrogens with one attached hydrogen (secondary N) is 2. The number of carbonyl (C=O) groups is 2. The van der Waals surface area contributed by atoms with E-state index in [2.05, 4.69) is 49.7 Å². The molecule has 1 aromatic heterocycles. The van der Waals surface area contributed by atoms with E-state index in [-0.39, 0.29) is 24.3 Å². The lowest BCUT2D eigenvalue weighted by atomic mass is 10.0. The maximum absolute atomic E-state index is 13.6. The van der Waals surface area contributed by atoms with Gasteiger partial charge >= 0.3 is 0 Å². The molecule has 1 unspecified atom stereocenters. The van der Waals surface area contributed by atoms with Gasteiger partial charge in [0.05, 0.1) is 10.9 Å². The topological polar surface area (TPSA) is 99.6 Å². The summed E-state index contributed by atoms with van der Waals surface area (Å²) in [6.45, 7) is 8.11. The van der Waals surface area contributed by atoms with Crippen LogP contribution in [-0.4, -0.2) is 63.4 Å². The quantitative estimate of drug-likeness (QED) is 0.468. The third-order valence-electron chi connectivity index (χ3n) is 8.13. The highest BCUT2D eigenvalue weighted by Gasteiger charge is 2.33. The van der Waals surface area contributed by atoms with Crippen LogP contribution in [-0.2, 0) is 22.7 Å². The number of amides is 2. The minimum absolute atomic E-state index is 0.201. The summed E-state index contributed by atoms with van der Waals surface area (Å²) in [5.41, 5.74) is 3.42. The number of nitrogens with zero attached hydrogens (tertiary/aromatic N) is 4. The Balaban J connectivity index is 1.14. The Hall–Kier alpha value is -3.56. The van der Waals surface area contributed by atoms with Gasteiger partial charge in [-0.25, -0.2) is 4.98 Å². The van der Waals surface area contributed by atoms with Crippen LogP contribution in [0.25, 0.3) is 10.9 Å². The number of imide groups is 1. The van der Waals surface area contributed by atoms with Crippen molar-refractivity contribution in [2.75, 3.05) is 31.5 Å². The molecule has 0 bridgehead atoms. The number of rotatable bonds is 7. The van der Waals surface area contributed by atoms with Gasteiger partial charge in [0, 0.05) is 44.3 Å². The fraction of sp³-hybridized carbons (Fsp3) is 0.448. The molecular weight excluding hydrogens is 480 g/mol. The van der Waals surface area contributed by atoms with Crippen LogP contribution in [0.1, 0.15) is 48.7 Å². The monoisotopic (exact) mass is 514 g/mol. The second-order valence-corrected chi connectivity index (χ2v) is 10.8. The highest BCUT2D eigenvalue weighted by molar-refractivity contribution is 5.99. The zero-order valence-electron chi connectivity index (χ0n) is 21.8. The number of anilines is 1. The number of aromatic nitrogens is 2. The predicted molar refractivity (Wildman–Crippen MR) is 146 cm³/mol. The van der Waals surface area contributed by atoms with E-state index in [1.165, 1.54) is 36.1 Å². The van der Waals surface area contributed by atoms with Crippen molar-refractivity contribution in [2.24, 2.45) is 0 Å². The third kappa shape index (κ3) is 4.83. The predicted octanol–water partition coefficient (Wildman–Crippen LogP) is 2.57. The highest BCUT2D eigenvalue weighted by Crippen LogP contribution is 2.25. The van der Waals surface area contributed by atoms with Gasteiger partial charge in [-0.05, 0) is 62.5 Å². The van der Waals surface area contributed by atoms with E-state index in [0.717, 1.165) is 31.2 Å². The Morgan fingerprint density at radius 1 is 1.00 bits per heavy atom. The van der Waals surface area contributed by atoms with Crippen LogP contribution < -0.4 is 16.2 Å². The molecule has 0 spiro atoms. The van der Waals surface area contributed by atoms with Crippen LogP contribution in [0.3, 0.4) is 0 Å². The van der Waals surface area contributed by atoms with Crippen molar-refractivity contribution in [3.05, 3.63) is 69.8 Å². The number of likely N-dealkylation sites (tertiary alicyclic amines) is 2. The van der Waals surface area contributed by atoms with Gasteiger partial charge in [0.15, 0.2) is 0 Å². The van der Waals surface area contributed by atoms with Crippen molar-refractivity contribution < 1.29 is 9.59 Å². The van der Waals surface area contributed by atoms with Crippen LogP contribution >= 0.6 is 0 Å². The SMILES string of the molecule is Cc1nc2cccc(NCc3ccc(CN4CC(N5CCCC5)C4)cc3)c2c(=O)n1C1CCC(=O)NC1=O.